The van der Waals surface area contributed by atoms with E-state index < -0.39 is 5.91 Å². The molecule has 0 aliphatic heterocycles. The second kappa shape index (κ2) is 11.1. The van der Waals surface area contributed by atoms with Gasteiger partial charge in [-0.3, -0.25) is 4.79 Å². The summed E-state index contributed by atoms with van der Waals surface area (Å²) in [4.78, 5) is 12.7. The van der Waals surface area contributed by atoms with Gasteiger partial charge in [-0.15, -0.1) is 0 Å². The lowest BCUT2D eigenvalue weighted by molar-refractivity contribution is -0.112. The van der Waals surface area contributed by atoms with E-state index in [1.54, 1.807) is 18.2 Å². The van der Waals surface area contributed by atoms with Crippen molar-refractivity contribution in [2.75, 3.05) is 11.9 Å². The standard InChI is InChI=1S/C27H24FIN2O2/c1-4-33-26-15-20(14-25(29)24(26)13-19-6-5-7-22(28)12-19)11-21(16-30)27(32)31-23-9-8-17(2)18(3)10-23/h5-12,14-15H,4,13H2,1-3H3,(H,31,32)/b21-11+. The number of hydrogen-bond donors (Lipinski definition) is 1. The summed E-state index contributed by atoms with van der Waals surface area (Å²) in [6.07, 6.45) is 2.06. The van der Waals surface area contributed by atoms with Gasteiger partial charge in [-0.1, -0.05) is 18.2 Å². The summed E-state index contributed by atoms with van der Waals surface area (Å²) in [5, 5.41) is 12.4. The minimum absolute atomic E-state index is 0.00985. The molecule has 4 nitrogen and oxygen atoms in total. The first-order valence-electron chi connectivity index (χ1n) is 10.5. The van der Waals surface area contributed by atoms with Crippen LogP contribution in [0.15, 0.2) is 60.2 Å². The van der Waals surface area contributed by atoms with Crippen LogP contribution in [0.3, 0.4) is 0 Å². The Morgan fingerprint density at radius 1 is 1.15 bits per heavy atom. The van der Waals surface area contributed by atoms with Crippen molar-refractivity contribution in [3.05, 3.63) is 97.4 Å². The number of rotatable bonds is 7. The number of carbonyl (C=O) groups is 1. The fourth-order valence-electron chi connectivity index (χ4n) is 3.35. The molecule has 0 saturated heterocycles. The predicted molar refractivity (Wildman–Crippen MR) is 138 cm³/mol. The molecule has 33 heavy (non-hydrogen) atoms. The quantitative estimate of drug-likeness (QED) is 0.204. The Kier molecular flexibility index (Phi) is 8.23. The Labute approximate surface area is 207 Å². The molecule has 0 saturated carbocycles. The number of carbonyl (C=O) groups excluding carboxylic acids is 1. The minimum Gasteiger partial charge on any atom is -0.494 e. The van der Waals surface area contributed by atoms with Crippen LogP contribution in [0.1, 0.15) is 34.7 Å². The SMILES string of the molecule is CCOc1cc(/C=C(\C#N)C(=O)Nc2ccc(C)c(C)c2)cc(I)c1Cc1cccc(F)c1. The van der Waals surface area contributed by atoms with Gasteiger partial charge >= 0.3 is 0 Å². The third-order valence-corrected chi connectivity index (χ3v) is 6.15. The molecule has 0 heterocycles. The average molecular weight is 554 g/mol. The summed E-state index contributed by atoms with van der Waals surface area (Å²) in [6.45, 7) is 6.31. The number of amides is 1. The first kappa shape index (κ1) is 24.5. The summed E-state index contributed by atoms with van der Waals surface area (Å²) in [6, 6.07) is 17.8. The highest BCUT2D eigenvalue weighted by atomic mass is 127. The predicted octanol–water partition coefficient (Wildman–Crippen LogP) is 6.58. The molecule has 3 rings (SSSR count). The largest absolute Gasteiger partial charge is 0.494 e. The van der Waals surface area contributed by atoms with Crippen LogP contribution >= 0.6 is 22.6 Å². The van der Waals surface area contributed by atoms with Crippen molar-refractivity contribution in [1.82, 2.24) is 0 Å². The van der Waals surface area contributed by atoms with E-state index in [0.717, 1.165) is 25.8 Å². The van der Waals surface area contributed by atoms with Crippen LogP contribution < -0.4 is 10.1 Å². The molecule has 0 atom stereocenters. The van der Waals surface area contributed by atoms with Gasteiger partial charge in [-0.25, -0.2) is 4.39 Å². The summed E-state index contributed by atoms with van der Waals surface area (Å²) >= 11 is 2.20. The fraction of sp³-hybridized carbons (Fsp3) is 0.185. The lowest BCUT2D eigenvalue weighted by atomic mass is 10.0. The monoisotopic (exact) mass is 554 g/mol. The molecule has 0 radical (unpaired) electrons. The van der Waals surface area contributed by atoms with E-state index in [-0.39, 0.29) is 11.4 Å². The van der Waals surface area contributed by atoms with Crippen molar-refractivity contribution in [2.24, 2.45) is 0 Å². The van der Waals surface area contributed by atoms with Crippen molar-refractivity contribution in [3.63, 3.8) is 0 Å². The maximum atomic E-state index is 13.6. The van der Waals surface area contributed by atoms with Gasteiger partial charge in [0.15, 0.2) is 0 Å². The van der Waals surface area contributed by atoms with Gasteiger partial charge in [0.1, 0.15) is 23.2 Å². The zero-order valence-electron chi connectivity index (χ0n) is 18.7. The lowest BCUT2D eigenvalue weighted by Gasteiger charge is -2.14. The third-order valence-electron chi connectivity index (χ3n) is 5.19. The summed E-state index contributed by atoms with van der Waals surface area (Å²) in [7, 11) is 0. The normalized spacial score (nSPS) is 11.1. The Balaban J connectivity index is 1.91. The van der Waals surface area contributed by atoms with E-state index in [9.17, 15) is 14.4 Å². The fourth-order valence-corrected chi connectivity index (χ4v) is 4.17. The average Bonchev–Trinajstić information content (AvgIpc) is 2.77. The smallest absolute Gasteiger partial charge is 0.266 e. The topological polar surface area (TPSA) is 62.1 Å². The van der Waals surface area contributed by atoms with Gasteiger partial charge in [0.05, 0.1) is 6.61 Å². The van der Waals surface area contributed by atoms with Crippen molar-refractivity contribution in [3.8, 4) is 11.8 Å². The highest BCUT2D eigenvalue weighted by Crippen LogP contribution is 2.30. The Bertz CT molecular complexity index is 1260. The van der Waals surface area contributed by atoms with Gasteiger partial charge < -0.3 is 10.1 Å². The molecule has 0 aliphatic rings. The molecular weight excluding hydrogens is 530 g/mol. The molecule has 6 heteroatoms. The first-order valence-corrected chi connectivity index (χ1v) is 11.6. The molecule has 0 aromatic heterocycles. The Hall–Kier alpha value is -3.18. The van der Waals surface area contributed by atoms with E-state index in [1.807, 2.05) is 57.2 Å². The summed E-state index contributed by atoms with van der Waals surface area (Å²) in [5.41, 5.74) is 5.25. The van der Waals surface area contributed by atoms with E-state index in [2.05, 4.69) is 27.9 Å². The van der Waals surface area contributed by atoms with Crippen molar-refractivity contribution in [2.45, 2.75) is 27.2 Å². The number of nitrogens with zero attached hydrogens (tertiary/aromatic N) is 1. The summed E-state index contributed by atoms with van der Waals surface area (Å²) < 4.78 is 20.4. The van der Waals surface area contributed by atoms with Crippen LogP contribution in [0.25, 0.3) is 6.08 Å². The number of ether oxygens (including phenoxy) is 1. The van der Waals surface area contributed by atoms with Gasteiger partial charge in [-0.05, 0) is 108 Å². The maximum Gasteiger partial charge on any atom is 0.266 e. The van der Waals surface area contributed by atoms with E-state index in [0.29, 0.717) is 30.0 Å². The van der Waals surface area contributed by atoms with Crippen LogP contribution in [0.2, 0.25) is 0 Å². The van der Waals surface area contributed by atoms with Crippen LogP contribution in [0.5, 0.6) is 5.75 Å². The lowest BCUT2D eigenvalue weighted by Crippen LogP contribution is -2.13. The van der Waals surface area contributed by atoms with Crippen LogP contribution in [-0.4, -0.2) is 12.5 Å². The highest BCUT2D eigenvalue weighted by molar-refractivity contribution is 14.1. The van der Waals surface area contributed by atoms with Gasteiger partial charge in [-0.2, -0.15) is 5.26 Å². The Morgan fingerprint density at radius 3 is 2.61 bits per heavy atom. The van der Waals surface area contributed by atoms with Gasteiger partial charge in [0.2, 0.25) is 0 Å². The van der Waals surface area contributed by atoms with Gasteiger partial charge in [0, 0.05) is 21.2 Å². The van der Waals surface area contributed by atoms with Crippen LogP contribution in [-0.2, 0) is 11.2 Å². The van der Waals surface area contributed by atoms with E-state index >= 15 is 0 Å². The first-order chi connectivity index (χ1) is 15.8. The number of benzene rings is 3. The number of nitriles is 1. The third kappa shape index (κ3) is 6.42. The Morgan fingerprint density at radius 2 is 1.94 bits per heavy atom. The molecular formula is C27H24FIN2O2. The number of aryl methyl sites for hydroxylation is 2. The van der Waals surface area contributed by atoms with Crippen molar-refractivity contribution >= 4 is 40.3 Å². The zero-order valence-corrected chi connectivity index (χ0v) is 20.9. The number of anilines is 1. The van der Waals surface area contributed by atoms with E-state index in [1.165, 1.54) is 12.1 Å². The number of nitrogens with one attached hydrogen (secondary N) is 1. The molecule has 1 amide bonds. The minimum atomic E-state index is -0.474. The van der Waals surface area contributed by atoms with Crippen LogP contribution in [0.4, 0.5) is 10.1 Å². The summed E-state index contributed by atoms with van der Waals surface area (Å²) in [5.74, 6) is -0.113. The molecule has 0 aliphatic carbocycles. The zero-order chi connectivity index (χ0) is 24.0. The number of halogens is 2. The molecule has 3 aromatic rings. The molecule has 3 aromatic carbocycles. The molecule has 0 fully saturated rings. The van der Waals surface area contributed by atoms with Crippen LogP contribution in [0, 0.1) is 34.6 Å². The van der Waals surface area contributed by atoms with E-state index in [4.69, 9.17) is 4.74 Å². The van der Waals surface area contributed by atoms with Crippen molar-refractivity contribution < 1.29 is 13.9 Å². The molecule has 168 valence electrons. The second-order valence-corrected chi connectivity index (χ2v) is 8.80. The molecule has 1 N–H and O–H groups in total. The second-order valence-electron chi connectivity index (χ2n) is 7.64. The highest BCUT2D eigenvalue weighted by Gasteiger charge is 2.14. The van der Waals surface area contributed by atoms with Gasteiger partial charge in [0.25, 0.3) is 5.91 Å². The van der Waals surface area contributed by atoms with Crippen molar-refractivity contribution in [1.29, 1.82) is 5.26 Å². The maximum absolute atomic E-state index is 13.6. The molecule has 0 spiro atoms. The molecule has 0 bridgehead atoms. The molecule has 0 unspecified atom stereocenters. The number of hydrogen-bond acceptors (Lipinski definition) is 3.